The molecule has 21 heavy (non-hydrogen) atoms. The van der Waals surface area contributed by atoms with E-state index in [9.17, 15) is 4.79 Å². The number of nitrogens with zero attached hydrogens (tertiary/aromatic N) is 1. The fourth-order valence-electron chi connectivity index (χ4n) is 2.28. The maximum atomic E-state index is 12.1. The Hall–Kier alpha value is -1.85. The normalized spacial score (nSPS) is 15.7. The summed E-state index contributed by atoms with van der Waals surface area (Å²) in [5.74, 6) is 0.591. The minimum Gasteiger partial charge on any atom is -0.326 e. The van der Waals surface area contributed by atoms with Crippen molar-refractivity contribution in [2.24, 2.45) is 11.8 Å². The largest absolute Gasteiger partial charge is 0.326 e. The lowest BCUT2D eigenvalue weighted by atomic mass is 9.88. The number of aromatic amines is 1. The summed E-state index contributed by atoms with van der Waals surface area (Å²) in [7, 11) is 0. The molecule has 0 saturated carbocycles. The Balaban J connectivity index is 0.00000161. The molecule has 1 aromatic heterocycles. The minimum atomic E-state index is 0. The smallest absolute Gasteiger partial charge is 0.227 e. The van der Waals surface area contributed by atoms with Gasteiger partial charge in [0.1, 0.15) is 0 Å². The van der Waals surface area contributed by atoms with Gasteiger partial charge in [-0.2, -0.15) is 5.10 Å². The summed E-state index contributed by atoms with van der Waals surface area (Å²) in [6, 6.07) is 9.69. The monoisotopic (exact) mass is 306 g/mol. The number of H-pyrrole nitrogens is 1. The molecule has 1 aliphatic heterocycles. The molecule has 6 heteroatoms. The van der Waals surface area contributed by atoms with Crippen molar-refractivity contribution in [2.45, 2.75) is 6.92 Å². The fraction of sp³-hybridized carbons (Fsp3) is 0.333. The molecule has 0 spiro atoms. The molecule has 0 aliphatic carbocycles. The van der Waals surface area contributed by atoms with Gasteiger partial charge in [-0.1, -0.05) is 19.1 Å². The molecule has 5 nitrogen and oxygen atoms in total. The Morgan fingerprint density at radius 1 is 1.29 bits per heavy atom. The highest BCUT2D eigenvalue weighted by Crippen LogP contribution is 2.21. The van der Waals surface area contributed by atoms with Crippen LogP contribution in [0.15, 0.2) is 36.5 Å². The number of rotatable bonds is 4. The van der Waals surface area contributed by atoms with E-state index in [1.54, 1.807) is 6.20 Å². The van der Waals surface area contributed by atoms with Crippen molar-refractivity contribution in [3.05, 3.63) is 36.5 Å². The van der Waals surface area contributed by atoms with Crippen LogP contribution >= 0.6 is 12.4 Å². The molecule has 1 unspecified atom stereocenters. The zero-order valence-corrected chi connectivity index (χ0v) is 12.6. The molecule has 1 amide bonds. The summed E-state index contributed by atoms with van der Waals surface area (Å²) in [5.41, 5.74) is 2.85. The van der Waals surface area contributed by atoms with Gasteiger partial charge in [-0.25, -0.2) is 0 Å². The fourth-order valence-corrected chi connectivity index (χ4v) is 2.28. The molecule has 2 aromatic rings. The molecular weight excluding hydrogens is 288 g/mol. The van der Waals surface area contributed by atoms with Gasteiger partial charge in [-0.05, 0) is 42.8 Å². The summed E-state index contributed by atoms with van der Waals surface area (Å²) in [6.45, 7) is 3.86. The topological polar surface area (TPSA) is 69.8 Å². The second-order valence-electron chi connectivity index (χ2n) is 5.24. The van der Waals surface area contributed by atoms with Crippen molar-refractivity contribution in [3.63, 3.8) is 0 Å². The summed E-state index contributed by atoms with van der Waals surface area (Å²) in [4.78, 5) is 12.1. The molecule has 1 aliphatic rings. The van der Waals surface area contributed by atoms with E-state index in [2.05, 4.69) is 20.8 Å². The Bertz CT molecular complexity index is 578. The number of carbonyl (C=O) groups is 1. The van der Waals surface area contributed by atoms with E-state index in [0.717, 1.165) is 30.0 Å². The molecule has 2 heterocycles. The van der Waals surface area contributed by atoms with Crippen molar-refractivity contribution in [1.82, 2.24) is 15.5 Å². The van der Waals surface area contributed by atoms with E-state index in [1.807, 2.05) is 37.3 Å². The minimum absolute atomic E-state index is 0. The van der Waals surface area contributed by atoms with Gasteiger partial charge < -0.3 is 10.6 Å². The number of carbonyl (C=O) groups excluding carboxylic acids is 1. The molecular formula is C15H19ClN4O. The number of aromatic nitrogens is 2. The Morgan fingerprint density at radius 2 is 2.00 bits per heavy atom. The van der Waals surface area contributed by atoms with E-state index in [4.69, 9.17) is 0 Å². The maximum Gasteiger partial charge on any atom is 0.227 e. The molecule has 1 fully saturated rings. The molecule has 1 saturated heterocycles. The average Bonchev–Trinajstić information content (AvgIpc) is 2.91. The van der Waals surface area contributed by atoms with Gasteiger partial charge in [0.2, 0.25) is 5.91 Å². The first-order chi connectivity index (χ1) is 9.74. The lowest BCUT2D eigenvalue weighted by molar-refractivity contribution is -0.121. The summed E-state index contributed by atoms with van der Waals surface area (Å²) in [6.07, 6.45) is 1.72. The zero-order chi connectivity index (χ0) is 13.9. The third kappa shape index (κ3) is 3.43. The van der Waals surface area contributed by atoms with E-state index in [0.29, 0.717) is 5.92 Å². The van der Waals surface area contributed by atoms with Crippen molar-refractivity contribution in [2.75, 3.05) is 18.4 Å². The molecule has 0 bridgehead atoms. The van der Waals surface area contributed by atoms with Crippen LogP contribution < -0.4 is 10.6 Å². The SMILES string of the molecule is CC(C(=O)Nc1ccc(-c2ccn[nH]2)cc1)C1CNC1.Cl. The van der Waals surface area contributed by atoms with Crippen LogP contribution in [0.1, 0.15) is 6.92 Å². The lowest BCUT2D eigenvalue weighted by Crippen LogP contribution is -2.48. The molecule has 1 aromatic carbocycles. The second kappa shape index (κ2) is 6.74. The number of anilines is 1. The van der Waals surface area contributed by atoms with Gasteiger partial charge >= 0.3 is 0 Å². The van der Waals surface area contributed by atoms with Crippen LogP contribution in [0, 0.1) is 11.8 Å². The number of hydrogen-bond acceptors (Lipinski definition) is 3. The third-order valence-electron chi connectivity index (χ3n) is 3.90. The summed E-state index contributed by atoms with van der Waals surface area (Å²) < 4.78 is 0. The van der Waals surface area contributed by atoms with Crippen LogP contribution in [0.25, 0.3) is 11.3 Å². The predicted molar refractivity (Wildman–Crippen MR) is 85.4 cm³/mol. The molecule has 3 rings (SSSR count). The molecule has 3 N–H and O–H groups in total. The Morgan fingerprint density at radius 3 is 2.52 bits per heavy atom. The quantitative estimate of drug-likeness (QED) is 0.812. The average molecular weight is 307 g/mol. The van der Waals surface area contributed by atoms with Crippen LogP contribution in [0.2, 0.25) is 0 Å². The number of hydrogen-bond donors (Lipinski definition) is 3. The highest BCUT2D eigenvalue weighted by Gasteiger charge is 2.28. The Labute approximate surface area is 129 Å². The molecule has 0 radical (unpaired) electrons. The van der Waals surface area contributed by atoms with Gasteiger partial charge in [0.15, 0.2) is 0 Å². The van der Waals surface area contributed by atoms with Crippen molar-refractivity contribution in [1.29, 1.82) is 0 Å². The van der Waals surface area contributed by atoms with Crippen LogP contribution in [0.3, 0.4) is 0 Å². The molecule has 1 atom stereocenters. The standard InChI is InChI=1S/C15H18N4O.ClH/c1-10(12-8-16-9-12)15(20)18-13-4-2-11(3-5-13)14-6-7-17-19-14;/h2-7,10,12,16H,8-9H2,1H3,(H,17,19)(H,18,20);1H. The van der Waals surface area contributed by atoms with Crippen LogP contribution in [0.4, 0.5) is 5.69 Å². The van der Waals surface area contributed by atoms with E-state index < -0.39 is 0 Å². The van der Waals surface area contributed by atoms with Crippen LogP contribution in [-0.4, -0.2) is 29.2 Å². The first kappa shape index (κ1) is 15.5. The first-order valence-electron chi connectivity index (χ1n) is 6.85. The van der Waals surface area contributed by atoms with Crippen LogP contribution in [0.5, 0.6) is 0 Å². The van der Waals surface area contributed by atoms with Gasteiger partial charge in [0.05, 0.1) is 5.69 Å². The number of nitrogens with one attached hydrogen (secondary N) is 3. The molecule has 112 valence electrons. The third-order valence-corrected chi connectivity index (χ3v) is 3.90. The highest BCUT2D eigenvalue weighted by atomic mass is 35.5. The van der Waals surface area contributed by atoms with Gasteiger partial charge in [-0.15, -0.1) is 12.4 Å². The van der Waals surface area contributed by atoms with Crippen molar-refractivity contribution in [3.8, 4) is 11.3 Å². The van der Waals surface area contributed by atoms with E-state index >= 15 is 0 Å². The zero-order valence-electron chi connectivity index (χ0n) is 11.8. The van der Waals surface area contributed by atoms with E-state index in [1.165, 1.54) is 0 Å². The number of halogens is 1. The van der Waals surface area contributed by atoms with Gasteiger partial charge in [0.25, 0.3) is 0 Å². The van der Waals surface area contributed by atoms with E-state index in [-0.39, 0.29) is 24.2 Å². The van der Waals surface area contributed by atoms with Gasteiger partial charge in [0, 0.05) is 17.8 Å². The maximum absolute atomic E-state index is 12.1. The highest BCUT2D eigenvalue weighted by molar-refractivity contribution is 5.92. The Kier molecular flexibility index (Phi) is 4.98. The summed E-state index contributed by atoms with van der Waals surface area (Å²) >= 11 is 0. The van der Waals surface area contributed by atoms with Crippen molar-refractivity contribution < 1.29 is 4.79 Å². The first-order valence-corrected chi connectivity index (χ1v) is 6.85. The number of amides is 1. The van der Waals surface area contributed by atoms with Crippen LogP contribution in [-0.2, 0) is 4.79 Å². The lowest BCUT2D eigenvalue weighted by Gasteiger charge is -2.31. The van der Waals surface area contributed by atoms with Gasteiger partial charge in [-0.3, -0.25) is 9.89 Å². The number of benzene rings is 1. The summed E-state index contributed by atoms with van der Waals surface area (Å²) in [5, 5.41) is 13.0. The second-order valence-corrected chi connectivity index (χ2v) is 5.24. The van der Waals surface area contributed by atoms with Crippen molar-refractivity contribution >= 4 is 24.0 Å². The predicted octanol–water partition coefficient (Wildman–Crippen LogP) is 2.29.